The smallest absolute Gasteiger partial charge is 0.243 e. The molecule has 31 heavy (non-hydrogen) atoms. The summed E-state index contributed by atoms with van der Waals surface area (Å²) in [6, 6.07) is 12.3. The third-order valence-corrected chi connectivity index (χ3v) is 7.35. The number of ether oxygens (including phenoxy) is 2. The van der Waals surface area contributed by atoms with E-state index < -0.39 is 10.0 Å². The third kappa shape index (κ3) is 4.28. The van der Waals surface area contributed by atoms with Gasteiger partial charge in [-0.15, -0.1) is 0 Å². The Kier molecular flexibility index (Phi) is 5.97. The van der Waals surface area contributed by atoms with Crippen LogP contribution in [-0.4, -0.2) is 50.2 Å². The van der Waals surface area contributed by atoms with Crippen molar-refractivity contribution in [3.05, 3.63) is 53.9 Å². The summed E-state index contributed by atoms with van der Waals surface area (Å²) in [5.41, 5.74) is 1.75. The maximum Gasteiger partial charge on any atom is 0.243 e. The van der Waals surface area contributed by atoms with Gasteiger partial charge in [-0.05, 0) is 50.1 Å². The molecule has 1 aliphatic rings. The average Bonchev–Trinajstić information content (AvgIpc) is 3.29. The average molecular weight is 444 g/mol. The molecule has 1 aliphatic heterocycles. The van der Waals surface area contributed by atoms with E-state index in [0.717, 1.165) is 24.0 Å². The molecule has 8 nitrogen and oxygen atoms in total. The number of aryl methyl sites for hydroxylation is 1. The van der Waals surface area contributed by atoms with Gasteiger partial charge in [0.2, 0.25) is 21.7 Å². The largest absolute Gasteiger partial charge is 0.493 e. The zero-order chi connectivity index (χ0) is 22.0. The van der Waals surface area contributed by atoms with E-state index in [9.17, 15) is 8.42 Å². The lowest BCUT2D eigenvalue weighted by molar-refractivity contribution is 0.265. The maximum atomic E-state index is 13.1. The zero-order valence-electron chi connectivity index (χ0n) is 17.7. The fourth-order valence-electron chi connectivity index (χ4n) is 3.72. The minimum atomic E-state index is -3.57. The van der Waals surface area contributed by atoms with Gasteiger partial charge in [-0.1, -0.05) is 22.9 Å². The fourth-order valence-corrected chi connectivity index (χ4v) is 5.24. The molecule has 1 atom stereocenters. The molecule has 9 heteroatoms. The van der Waals surface area contributed by atoms with Crippen molar-refractivity contribution in [3.8, 4) is 22.9 Å². The van der Waals surface area contributed by atoms with Gasteiger partial charge in [0.05, 0.1) is 25.0 Å². The number of methoxy groups -OCH3 is 2. The van der Waals surface area contributed by atoms with Gasteiger partial charge in [-0.3, -0.25) is 0 Å². The Morgan fingerprint density at radius 3 is 2.52 bits per heavy atom. The number of nitrogens with zero attached hydrogens (tertiary/aromatic N) is 3. The first-order valence-corrected chi connectivity index (χ1v) is 11.5. The Balaban J connectivity index is 1.55. The molecule has 1 fully saturated rings. The second-order valence-corrected chi connectivity index (χ2v) is 9.48. The summed E-state index contributed by atoms with van der Waals surface area (Å²) in [7, 11) is -0.432. The minimum absolute atomic E-state index is 0.157. The van der Waals surface area contributed by atoms with E-state index in [1.807, 2.05) is 25.1 Å². The summed E-state index contributed by atoms with van der Waals surface area (Å²) in [5, 5.41) is 4.10. The van der Waals surface area contributed by atoms with Crippen LogP contribution in [0.25, 0.3) is 11.4 Å². The summed E-state index contributed by atoms with van der Waals surface area (Å²) >= 11 is 0. The highest BCUT2D eigenvalue weighted by atomic mass is 32.2. The number of hydrogen-bond donors (Lipinski definition) is 0. The summed E-state index contributed by atoms with van der Waals surface area (Å²) < 4.78 is 43.8. The molecule has 0 radical (unpaired) electrons. The number of aromatic nitrogens is 2. The minimum Gasteiger partial charge on any atom is -0.493 e. The van der Waals surface area contributed by atoms with Crippen molar-refractivity contribution >= 4 is 10.0 Å². The Labute approximate surface area is 181 Å². The first-order chi connectivity index (χ1) is 14.9. The van der Waals surface area contributed by atoms with Gasteiger partial charge >= 0.3 is 0 Å². The molecule has 0 aliphatic carbocycles. The Morgan fingerprint density at radius 2 is 1.81 bits per heavy atom. The summed E-state index contributed by atoms with van der Waals surface area (Å²) in [4.78, 5) is 4.84. The van der Waals surface area contributed by atoms with Gasteiger partial charge in [0.1, 0.15) is 0 Å². The van der Waals surface area contributed by atoms with E-state index in [1.165, 1.54) is 4.31 Å². The molecule has 3 aromatic rings. The van der Waals surface area contributed by atoms with Crippen LogP contribution in [0.15, 0.2) is 51.9 Å². The van der Waals surface area contributed by atoms with Crippen LogP contribution in [0.3, 0.4) is 0 Å². The van der Waals surface area contributed by atoms with Gasteiger partial charge in [0.25, 0.3) is 0 Å². The van der Waals surface area contributed by atoms with E-state index >= 15 is 0 Å². The van der Waals surface area contributed by atoms with Crippen LogP contribution in [0, 0.1) is 6.92 Å². The van der Waals surface area contributed by atoms with E-state index in [-0.39, 0.29) is 5.92 Å². The topological polar surface area (TPSA) is 94.8 Å². The number of sulfonamides is 1. The Bertz CT molecular complexity index is 1160. The molecular weight excluding hydrogens is 418 g/mol. The molecule has 1 unspecified atom stereocenters. The molecule has 0 N–H and O–H groups in total. The quantitative estimate of drug-likeness (QED) is 0.574. The van der Waals surface area contributed by atoms with Crippen LogP contribution in [0.1, 0.15) is 30.2 Å². The number of piperidine rings is 1. The predicted octanol–water partition coefficient (Wildman–Crippen LogP) is 3.63. The van der Waals surface area contributed by atoms with Crippen LogP contribution in [0.5, 0.6) is 11.5 Å². The molecule has 1 saturated heterocycles. The summed E-state index contributed by atoms with van der Waals surface area (Å²) in [6.07, 6.45) is 1.51. The molecule has 2 heterocycles. The van der Waals surface area contributed by atoms with E-state index in [2.05, 4.69) is 10.1 Å². The highest BCUT2D eigenvalue weighted by molar-refractivity contribution is 7.89. The second-order valence-electron chi connectivity index (χ2n) is 7.54. The van der Waals surface area contributed by atoms with Crippen LogP contribution in [-0.2, 0) is 10.0 Å². The van der Waals surface area contributed by atoms with E-state index in [1.54, 1.807) is 38.5 Å². The van der Waals surface area contributed by atoms with Gasteiger partial charge in [-0.2, -0.15) is 9.29 Å². The first-order valence-electron chi connectivity index (χ1n) is 10.0. The van der Waals surface area contributed by atoms with Gasteiger partial charge in [0, 0.05) is 18.7 Å². The second kappa shape index (κ2) is 8.68. The number of rotatable bonds is 6. The van der Waals surface area contributed by atoms with Crippen molar-refractivity contribution in [2.75, 3.05) is 27.3 Å². The lowest BCUT2D eigenvalue weighted by Crippen LogP contribution is -2.39. The fraction of sp³-hybridized carbons (Fsp3) is 0.364. The lowest BCUT2D eigenvalue weighted by Gasteiger charge is -2.30. The van der Waals surface area contributed by atoms with Crippen molar-refractivity contribution in [2.45, 2.75) is 30.6 Å². The predicted molar refractivity (Wildman–Crippen MR) is 115 cm³/mol. The molecule has 0 amide bonds. The highest BCUT2D eigenvalue weighted by Gasteiger charge is 2.33. The van der Waals surface area contributed by atoms with Crippen LogP contribution >= 0.6 is 0 Å². The van der Waals surface area contributed by atoms with Crippen molar-refractivity contribution in [2.24, 2.45) is 0 Å². The van der Waals surface area contributed by atoms with Crippen LogP contribution in [0.4, 0.5) is 0 Å². The van der Waals surface area contributed by atoms with Crippen molar-refractivity contribution in [1.29, 1.82) is 0 Å². The molecule has 2 aromatic carbocycles. The SMILES string of the molecule is COc1ccc(-c2noc(C3CCCN(S(=O)(=O)c4ccc(C)cc4)C3)n2)cc1OC. The van der Waals surface area contributed by atoms with E-state index in [0.29, 0.717) is 41.2 Å². The van der Waals surface area contributed by atoms with Crippen molar-refractivity contribution in [1.82, 2.24) is 14.4 Å². The molecule has 0 saturated carbocycles. The molecule has 1 aromatic heterocycles. The van der Waals surface area contributed by atoms with Gasteiger partial charge in [-0.25, -0.2) is 8.42 Å². The maximum absolute atomic E-state index is 13.1. The highest BCUT2D eigenvalue weighted by Crippen LogP contribution is 2.33. The monoisotopic (exact) mass is 443 g/mol. The molecule has 0 spiro atoms. The lowest BCUT2D eigenvalue weighted by atomic mass is 10.00. The number of benzene rings is 2. The Morgan fingerprint density at radius 1 is 1.06 bits per heavy atom. The van der Waals surface area contributed by atoms with Crippen LogP contribution < -0.4 is 9.47 Å². The normalized spacial score (nSPS) is 17.5. The zero-order valence-corrected chi connectivity index (χ0v) is 18.6. The van der Waals surface area contributed by atoms with Gasteiger partial charge in [0.15, 0.2) is 11.5 Å². The summed E-state index contributed by atoms with van der Waals surface area (Å²) in [6.45, 7) is 2.71. The molecule has 4 rings (SSSR count). The van der Waals surface area contributed by atoms with Crippen molar-refractivity contribution < 1.29 is 22.4 Å². The standard InChI is InChI=1S/C22H25N3O5S/c1-15-6-9-18(10-7-15)31(26,27)25-12-4-5-17(14-25)22-23-21(24-30-22)16-8-11-19(28-2)20(13-16)29-3/h6-11,13,17H,4-5,12,14H2,1-3H3. The Hall–Kier alpha value is -2.91. The number of hydrogen-bond acceptors (Lipinski definition) is 7. The van der Waals surface area contributed by atoms with Crippen LogP contribution in [0.2, 0.25) is 0 Å². The van der Waals surface area contributed by atoms with E-state index in [4.69, 9.17) is 14.0 Å². The molecular formula is C22H25N3O5S. The van der Waals surface area contributed by atoms with Crippen molar-refractivity contribution in [3.63, 3.8) is 0 Å². The first kappa shape index (κ1) is 21.3. The third-order valence-electron chi connectivity index (χ3n) is 5.48. The molecule has 0 bridgehead atoms. The molecule has 164 valence electrons. The van der Waals surface area contributed by atoms with Gasteiger partial charge < -0.3 is 14.0 Å². The summed E-state index contributed by atoms with van der Waals surface area (Å²) in [5.74, 6) is 1.89.